The first-order valence-corrected chi connectivity index (χ1v) is 6.32. The lowest BCUT2D eigenvalue weighted by molar-refractivity contribution is -0.146. The summed E-state index contributed by atoms with van der Waals surface area (Å²) in [6.07, 6.45) is 4.02. The fourth-order valence-electron chi connectivity index (χ4n) is 3.01. The van der Waals surface area contributed by atoms with Gasteiger partial charge in [-0.15, -0.1) is 0 Å². The summed E-state index contributed by atoms with van der Waals surface area (Å²) in [4.78, 5) is 14.1. The molecule has 1 aliphatic carbocycles. The monoisotopic (exact) mass is 226 g/mol. The van der Waals surface area contributed by atoms with Gasteiger partial charge in [0.25, 0.3) is 0 Å². The number of hydrogen-bond acceptors (Lipinski definition) is 4. The van der Waals surface area contributed by atoms with Crippen molar-refractivity contribution in [2.24, 2.45) is 5.92 Å². The molecule has 0 aromatic rings. The molecule has 1 saturated carbocycles. The highest BCUT2D eigenvalue weighted by Crippen LogP contribution is 2.37. The molecule has 2 rings (SSSR count). The predicted octanol–water partition coefficient (Wildman–Crippen LogP) is 0.622. The molecule has 1 N–H and O–H groups in total. The number of carbonyl (C=O) groups excluding carboxylic acids is 1. The summed E-state index contributed by atoms with van der Waals surface area (Å²) in [5.74, 6) is 0.762. The Kier molecular flexibility index (Phi) is 3.82. The van der Waals surface area contributed by atoms with Gasteiger partial charge in [0.1, 0.15) is 6.04 Å². The van der Waals surface area contributed by atoms with E-state index in [2.05, 4.69) is 10.2 Å². The largest absolute Gasteiger partial charge is 0.465 e. The average Bonchev–Trinajstić information content (AvgIpc) is 2.87. The Morgan fingerprint density at radius 3 is 2.88 bits per heavy atom. The number of fused-ring (bicyclic) bond motifs is 2. The van der Waals surface area contributed by atoms with Gasteiger partial charge in [0.05, 0.1) is 6.61 Å². The highest BCUT2D eigenvalue weighted by molar-refractivity contribution is 5.76. The van der Waals surface area contributed by atoms with Crippen molar-refractivity contribution in [1.82, 2.24) is 10.2 Å². The standard InChI is InChI=1S/C12H22N2O2/c1-3-16-12(15)11(13-2)8-14-7-9-4-5-10(14)6-9/h9-11,13H,3-8H2,1-2H3. The van der Waals surface area contributed by atoms with E-state index in [-0.39, 0.29) is 12.0 Å². The van der Waals surface area contributed by atoms with Crippen LogP contribution in [0.3, 0.4) is 0 Å². The molecule has 2 aliphatic rings. The van der Waals surface area contributed by atoms with Gasteiger partial charge in [-0.05, 0) is 39.2 Å². The molecule has 3 atom stereocenters. The maximum atomic E-state index is 11.7. The van der Waals surface area contributed by atoms with Crippen LogP contribution in [0.4, 0.5) is 0 Å². The fraction of sp³-hybridized carbons (Fsp3) is 0.917. The average molecular weight is 226 g/mol. The van der Waals surface area contributed by atoms with Crippen LogP contribution in [-0.4, -0.2) is 49.7 Å². The van der Waals surface area contributed by atoms with E-state index >= 15 is 0 Å². The number of esters is 1. The van der Waals surface area contributed by atoms with Crippen LogP contribution in [0.2, 0.25) is 0 Å². The lowest BCUT2D eigenvalue weighted by atomic mass is 10.1. The second-order valence-corrected chi connectivity index (χ2v) is 4.88. The number of piperidine rings is 1. The molecule has 4 nitrogen and oxygen atoms in total. The number of nitrogens with one attached hydrogen (secondary N) is 1. The molecule has 0 aromatic heterocycles. The van der Waals surface area contributed by atoms with E-state index in [0.717, 1.165) is 18.5 Å². The van der Waals surface area contributed by atoms with Crippen molar-refractivity contribution in [1.29, 1.82) is 0 Å². The van der Waals surface area contributed by atoms with Crippen molar-refractivity contribution in [3.05, 3.63) is 0 Å². The topological polar surface area (TPSA) is 41.6 Å². The van der Waals surface area contributed by atoms with Crippen LogP contribution < -0.4 is 5.32 Å². The summed E-state index contributed by atoms with van der Waals surface area (Å²) < 4.78 is 5.06. The molecule has 2 fully saturated rings. The summed E-state index contributed by atoms with van der Waals surface area (Å²) in [5.41, 5.74) is 0. The van der Waals surface area contributed by atoms with Gasteiger partial charge in [-0.3, -0.25) is 9.69 Å². The van der Waals surface area contributed by atoms with Crippen LogP contribution in [0, 0.1) is 5.92 Å². The van der Waals surface area contributed by atoms with Crippen LogP contribution >= 0.6 is 0 Å². The number of likely N-dealkylation sites (tertiary alicyclic amines) is 1. The Balaban J connectivity index is 1.84. The molecule has 92 valence electrons. The quantitative estimate of drug-likeness (QED) is 0.698. The molecule has 0 radical (unpaired) electrons. The van der Waals surface area contributed by atoms with E-state index in [1.54, 1.807) is 0 Å². The normalized spacial score (nSPS) is 30.6. The van der Waals surface area contributed by atoms with Crippen LogP contribution in [0.5, 0.6) is 0 Å². The van der Waals surface area contributed by atoms with E-state index in [9.17, 15) is 4.79 Å². The zero-order valence-corrected chi connectivity index (χ0v) is 10.2. The Bertz CT molecular complexity index is 257. The van der Waals surface area contributed by atoms with Crippen molar-refractivity contribution >= 4 is 5.97 Å². The first-order valence-electron chi connectivity index (χ1n) is 6.32. The third-order valence-electron chi connectivity index (χ3n) is 3.86. The minimum Gasteiger partial charge on any atom is -0.465 e. The van der Waals surface area contributed by atoms with Crippen molar-refractivity contribution in [2.45, 2.75) is 38.3 Å². The number of rotatable bonds is 5. The number of likely N-dealkylation sites (N-methyl/N-ethyl adjacent to an activating group) is 1. The maximum Gasteiger partial charge on any atom is 0.324 e. The Morgan fingerprint density at radius 1 is 1.56 bits per heavy atom. The predicted molar refractivity (Wildman–Crippen MR) is 62.2 cm³/mol. The zero-order valence-electron chi connectivity index (χ0n) is 10.2. The van der Waals surface area contributed by atoms with Gasteiger partial charge in [-0.2, -0.15) is 0 Å². The smallest absolute Gasteiger partial charge is 0.324 e. The molecule has 4 heteroatoms. The lowest BCUT2D eigenvalue weighted by Crippen LogP contribution is -2.47. The number of ether oxygens (including phenoxy) is 1. The van der Waals surface area contributed by atoms with E-state index in [0.29, 0.717) is 6.61 Å². The summed E-state index contributed by atoms with van der Waals surface area (Å²) in [6, 6.07) is 0.551. The number of nitrogens with zero attached hydrogens (tertiary/aromatic N) is 1. The zero-order chi connectivity index (χ0) is 11.5. The van der Waals surface area contributed by atoms with Gasteiger partial charge in [-0.1, -0.05) is 0 Å². The number of hydrogen-bond donors (Lipinski definition) is 1. The molecule has 1 heterocycles. The number of carbonyl (C=O) groups is 1. The Labute approximate surface area is 97.3 Å². The molecule has 1 saturated heterocycles. The van der Waals surface area contributed by atoms with Gasteiger partial charge in [0.15, 0.2) is 0 Å². The van der Waals surface area contributed by atoms with Crippen molar-refractivity contribution in [3.63, 3.8) is 0 Å². The summed E-state index contributed by atoms with van der Waals surface area (Å²) >= 11 is 0. The molecule has 1 aliphatic heterocycles. The lowest BCUT2D eigenvalue weighted by Gasteiger charge is -2.29. The first-order chi connectivity index (χ1) is 7.74. The second kappa shape index (κ2) is 5.15. The van der Waals surface area contributed by atoms with Crippen LogP contribution in [0.1, 0.15) is 26.2 Å². The van der Waals surface area contributed by atoms with E-state index in [4.69, 9.17) is 4.74 Å². The summed E-state index contributed by atoms with van der Waals surface area (Å²) in [7, 11) is 1.83. The maximum absolute atomic E-state index is 11.7. The molecule has 0 aromatic carbocycles. The fourth-order valence-corrected chi connectivity index (χ4v) is 3.01. The molecule has 0 spiro atoms. The third-order valence-corrected chi connectivity index (χ3v) is 3.86. The van der Waals surface area contributed by atoms with Crippen LogP contribution in [0.15, 0.2) is 0 Å². The van der Waals surface area contributed by atoms with Crippen LogP contribution in [0.25, 0.3) is 0 Å². The van der Waals surface area contributed by atoms with Crippen molar-refractivity contribution in [2.75, 3.05) is 26.7 Å². The molecular weight excluding hydrogens is 204 g/mol. The van der Waals surface area contributed by atoms with Crippen molar-refractivity contribution < 1.29 is 9.53 Å². The van der Waals surface area contributed by atoms with Gasteiger partial charge < -0.3 is 10.1 Å². The first kappa shape index (κ1) is 11.9. The van der Waals surface area contributed by atoms with Crippen molar-refractivity contribution in [3.8, 4) is 0 Å². The molecular formula is C12H22N2O2. The minimum absolute atomic E-state index is 0.118. The third kappa shape index (κ3) is 2.38. The summed E-state index contributed by atoms with van der Waals surface area (Å²) in [6.45, 7) is 4.28. The van der Waals surface area contributed by atoms with E-state index in [1.807, 2.05) is 14.0 Å². The van der Waals surface area contributed by atoms with Crippen LogP contribution in [-0.2, 0) is 9.53 Å². The SMILES string of the molecule is CCOC(=O)C(CN1CC2CCC1C2)NC. The second-order valence-electron chi connectivity index (χ2n) is 4.88. The van der Waals surface area contributed by atoms with Gasteiger partial charge in [0, 0.05) is 19.1 Å². The highest BCUT2D eigenvalue weighted by Gasteiger charge is 2.39. The van der Waals surface area contributed by atoms with Gasteiger partial charge in [-0.25, -0.2) is 0 Å². The molecule has 0 amide bonds. The van der Waals surface area contributed by atoms with E-state index < -0.39 is 0 Å². The van der Waals surface area contributed by atoms with Gasteiger partial charge >= 0.3 is 5.97 Å². The minimum atomic E-state index is -0.167. The molecule has 2 bridgehead atoms. The van der Waals surface area contributed by atoms with Gasteiger partial charge in [0.2, 0.25) is 0 Å². The summed E-state index contributed by atoms with van der Waals surface area (Å²) in [5, 5.41) is 3.06. The Hall–Kier alpha value is -0.610. The van der Waals surface area contributed by atoms with E-state index in [1.165, 1.54) is 25.8 Å². The highest BCUT2D eigenvalue weighted by atomic mass is 16.5. The molecule has 3 unspecified atom stereocenters. The molecule has 16 heavy (non-hydrogen) atoms. The Morgan fingerprint density at radius 2 is 2.38 bits per heavy atom.